The third-order valence-corrected chi connectivity index (χ3v) is 10.7. The predicted molar refractivity (Wildman–Crippen MR) is 226 cm³/mol. The summed E-state index contributed by atoms with van der Waals surface area (Å²) in [5.74, 6) is -3.47. The van der Waals surface area contributed by atoms with Crippen LogP contribution in [0.5, 0.6) is 0 Å². The molecule has 0 saturated heterocycles. The van der Waals surface area contributed by atoms with Crippen LogP contribution in [0.25, 0.3) is 0 Å². The van der Waals surface area contributed by atoms with Crippen molar-refractivity contribution in [1.29, 1.82) is 0 Å². The second kappa shape index (κ2) is 35.9. The Bertz CT molecular complexity index is 1060. The number of aliphatic imine (C=N–C) groups is 1. The summed E-state index contributed by atoms with van der Waals surface area (Å²) in [4.78, 5) is 66.8. The molecule has 1 rings (SSSR count). The number of aliphatic carboxylic acids is 1. The number of carbonyl (C=O) groups is 5. The van der Waals surface area contributed by atoms with Gasteiger partial charge in [-0.1, -0.05) is 168 Å². The predicted octanol–water partition coefficient (Wildman–Crippen LogP) is 9.69. The fourth-order valence-electron chi connectivity index (χ4n) is 7.04. The number of carbonyl (C=O) groups excluding carboxylic acids is 4. The van der Waals surface area contributed by atoms with Crippen molar-refractivity contribution in [2.75, 3.05) is 13.2 Å². The number of carboxylic acids is 1. The van der Waals surface area contributed by atoms with E-state index in [1.807, 2.05) is 0 Å². The van der Waals surface area contributed by atoms with E-state index in [1.165, 1.54) is 122 Å². The number of esters is 3. The van der Waals surface area contributed by atoms with Crippen LogP contribution in [0.4, 0.5) is 0 Å². The largest absolute Gasteiger partial charge is 0.481 e. The average molecular weight is 808 g/mol. The van der Waals surface area contributed by atoms with Crippen molar-refractivity contribution in [2.45, 2.75) is 238 Å². The minimum absolute atomic E-state index is 0.236. The van der Waals surface area contributed by atoms with E-state index in [0.29, 0.717) is 12.8 Å². The van der Waals surface area contributed by atoms with E-state index in [-0.39, 0.29) is 38.5 Å². The van der Waals surface area contributed by atoms with Gasteiger partial charge in [0.15, 0.2) is 12.1 Å². The molecule has 0 aromatic heterocycles. The molecule has 1 amide bonds. The Morgan fingerprint density at radius 1 is 0.596 bits per heavy atom. The standard InChI is InChI=1S/C45H81N3O9/c1-4-6-8-10-12-14-16-18-20-22-24-26-28-30-41(52)55-34-38(35-56-42(53)31-29-27-25-23-21-19-17-15-13-11-9-7-5-2)57-45(54)44(43-37(3)46-36-47-43)48-39(49)32-33-40(50)51/h36-38,43-44H,4-35H2,1-3H3,(H,46,47)(H,48,49)(H,50,51). The van der Waals surface area contributed by atoms with Gasteiger partial charge in [0, 0.05) is 25.3 Å². The van der Waals surface area contributed by atoms with E-state index >= 15 is 0 Å². The number of hydrogen-bond acceptors (Lipinski definition) is 10. The molecule has 0 radical (unpaired) electrons. The second-order valence-corrected chi connectivity index (χ2v) is 16.1. The van der Waals surface area contributed by atoms with Crippen LogP contribution < -0.4 is 10.6 Å². The van der Waals surface area contributed by atoms with Crippen molar-refractivity contribution in [2.24, 2.45) is 4.99 Å². The first kappa shape index (κ1) is 51.8. The minimum atomic E-state index is -1.24. The lowest BCUT2D eigenvalue weighted by Gasteiger charge is -2.26. The van der Waals surface area contributed by atoms with Gasteiger partial charge in [0.2, 0.25) is 5.91 Å². The fourth-order valence-corrected chi connectivity index (χ4v) is 7.04. The van der Waals surface area contributed by atoms with Crippen molar-refractivity contribution < 1.29 is 43.3 Å². The van der Waals surface area contributed by atoms with E-state index in [1.54, 1.807) is 6.92 Å². The third-order valence-electron chi connectivity index (χ3n) is 10.7. The Kier molecular flexibility index (Phi) is 32.7. The molecule has 330 valence electrons. The zero-order valence-electron chi connectivity index (χ0n) is 36.2. The number of amides is 1. The van der Waals surface area contributed by atoms with E-state index in [9.17, 15) is 24.0 Å². The van der Waals surface area contributed by atoms with E-state index in [2.05, 4.69) is 29.5 Å². The maximum absolute atomic E-state index is 13.5. The first-order chi connectivity index (χ1) is 27.7. The van der Waals surface area contributed by atoms with Crippen molar-refractivity contribution in [3.63, 3.8) is 0 Å². The Morgan fingerprint density at radius 2 is 0.982 bits per heavy atom. The van der Waals surface area contributed by atoms with Gasteiger partial charge in [-0.25, -0.2) is 4.79 Å². The molecule has 0 aromatic carbocycles. The molecule has 3 atom stereocenters. The molecule has 3 unspecified atom stereocenters. The maximum atomic E-state index is 13.5. The van der Waals surface area contributed by atoms with E-state index < -0.39 is 54.4 Å². The highest BCUT2D eigenvalue weighted by Gasteiger charge is 2.38. The van der Waals surface area contributed by atoms with Crippen LogP contribution in [0.1, 0.15) is 213 Å². The van der Waals surface area contributed by atoms with Crippen molar-refractivity contribution >= 4 is 36.1 Å². The molecule has 0 aliphatic carbocycles. The molecular formula is C45H81N3O9. The highest BCUT2D eigenvalue weighted by atomic mass is 16.6. The summed E-state index contributed by atoms with van der Waals surface area (Å²) < 4.78 is 16.7. The molecule has 12 nitrogen and oxygen atoms in total. The smallest absolute Gasteiger partial charge is 0.331 e. The number of unbranched alkanes of at least 4 members (excludes halogenated alkanes) is 24. The minimum Gasteiger partial charge on any atom is -0.481 e. The van der Waals surface area contributed by atoms with Gasteiger partial charge in [-0.15, -0.1) is 0 Å². The molecular weight excluding hydrogens is 727 g/mol. The van der Waals surface area contributed by atoms with E-state index in [4.69, 9.17) is 19.3 Å². The molecule has 57 heavy (non-hydrogen) atoms. The Hall–Kier alpha value is -3.18. The lowest BCUT2D eigenvalue weighted by molar-refractivity contribution is -0.169. The molecule has 0 bridgehead atoms. The maximum Gasteiger partial charge on any atom is 0.331 e. The third kappa shape index (κ3) is 29.7. The number of carboxylic acid groups (broad SMARTS) is 1. The number of ether oxygens (including phenoxy) is 3. The summed E-state index contributed by atoms with van der Waals surface area (Å²) in [6.45, 7) is 5.65. The van der Waals surface area contributed by atoms with Crippen molar-refractivity contribution in [3.8, 4) is 0 Å². The highest BCUT2D eigenvalue weighted by Crippen LogP contribution is 2.16. The number of rotatable bonds is 39. The van der Waals surface area contributed by atoms with Crippen LogP contribution in [-0.4, -0.2) is 78.7 Å². The molecule has 0 spiro atoms. The van der Waals surface area contributed by atoms with Crippen LogP contribution in [0.2, 0.25) is 0 Å². The SMILES string of the molecule is CCCCCCCCCCCCCCCC(=O)OCC(COC(=O)CCCCCCCCCCCCCCC)OC(=O)C(NC(=O)CCC(=O)O)C1N=CNC1C. The van der Waals surface area contributed by atoms with Crippen LogP contribution in [0.15, 0.2) is 4.99 Å². The van der Waals surface area contributed by atoms with Gasteiger partial charge in [0.1, 0.15) is 19.3 Å². The topological polar surface area (TPSA) is 170 Å². The number of nitrogens with one attached hydrogen (secondary N) is 2. The Balaban J connectivity index is 2.56. The molecule has 1 aliphatic rings. The highest BCUT2D eigenvalue weighted by molar-refractivity contribution is 5.87. The van der Waals surface area contributed by atoms with Crippen LogP contribution >= 0.6 is 0 Å². The summed E-state index contributed by atoms with van der Waals surface area (Å²) in [5, 5.41) is 14.6. The first-order valence-electron chi connectivity index (χ1n) is 23.0. The molecule has 3 N–H and O–H groups in total. The molecule has 12 heteroatoms. The second-order valence-electron chi connectivity index (χ2n) is 16.1. The van der Waals surface area contributed by atoms with Crippen LogP contribution in [0, 0.1) is 0 Å². The van der Waals surface area contributed by atoms with Gasteiger partial charge in [0.25, 0.3) is 0 Å². The van der Waals surface area contributed by atoms with Crippen LogP contribution in [-0.2, 0) is 38.2 Å². The lowest BCUT2D eigenvalue weighted by atomic mass is 10.0. The monoisotopic (exact) mass is 808 g/mol. The zero-order valence-corrected chi connectivity index (χ0v) is 36.2. The van der Waals surface area contributed by atoms with Gasteiger partial charge < -0.3 is 30.0 Å². The fraction of sp³-hybridized carbons (Fsp3) is 0.867. The van der Waals surface area contributed by atoms with Crippen molar-refractivity contribution in [1.82, 2.24) is 10.6 Å². The molecule has 1 heterocycles. The summed E-state index contributed by atoms with van der Waals surface area (Å²) in [5.41, 5.74) is 0. The first-order valence-corrected chi connectivity index (χ1v) is 23.0. The Morgan fingerprint density at radius 3 is 1.33 bits per heavy atom. The molecule has 0 fully saturated rings. The summed E-state index contributed by atoms with van der Waals surface area (Å²) in [6, 6.07) is -2.28. The van der Waals surface area contributed by atoms with Gasteiger partial charge in [0.05, 0.1) is 12.8 Å². The molecule has 1 aliphatic heterocycles. The number of nitrogens with zero attached hydrogens (tertiary/aromatic N) is 1. The lowest BCUT2D eigenvalue weighted by Crippen LogP contribution is -2.54. The van der Waals surface area contributed by atoms with Crippen molar-refractivity contribution in [3.05, 3.63) is 0 Å². The van der Waals surface area contributed by atoms with Gasteiger partial charge >= 0.3 is 23.9 Å². The summed E-state index contributed by atoms with van der Waals surface area (Å²) in [6.07, 6.45) is 31.2. The zero-order chi connectivity index (χ0) is 41.8. The average Bonchev–Trinajstić information content (AvgIpc) is 3.62. The molecule has 0 aromatic rings. The van der Waals surface area contributed by atoms with E-state index in [0.717, 1.165) is 38.5 Å². The molecule has 0 saturated carbocycles. The van der Waals surface area contributed by atoms with Gasteiger partial charge in [-0.2, -0.15) is 0 Å². The summed E-state index contributed by atoms with van der Waals surface area (Å²) >= 11 is 0. The van der Waals surface area contributed by atoms with Gasteiger partial charge in [-0.3, -0.25) is 24.2 Å². The van der Waals surface area contributed by atoms with Crippen LogP contribution in [0.3, 0.4) is 0 Å². The quantitative estimate of drug-likeness (QED) is 0.0309. The Labute approximate surface area is 345 Å². The summed E-state index contributed by atoms with van der Waals surface area (Å²) in [7, 11) is 0. The number of hydrogen-bond donors (Lipinski definition) is 3. The van der Waals surface area contributed by atoms with Gasteiger partial charge in [-0.05, 0) is 19.8 Å². The normalized spacial score (nSPS) is 15.3.